The van der Waals surface area contributed by atoms with Crippen molar-refractivity contribution in [3.05, 3.63) is 52.5 Å². The molecule has 0 aromatic heterocycles. The first-order chi connectivity index (χ1) is 11.7. The van der Waals surface area contributed by atoms with Crippen molar-refractivity contribution in [1.82, 2.24) is 10.4 Å². The van der Waals surface area contributed by atoms with Crippen LogP contribution in [0.5, 0.6) is 17.2 Å². The average Bonchev–Trinajstić information content (AvgIpc) is 2.65. The Bertz CT molecular complexity index is 842. The number of hydrogen-bond donors (Lipinski definition) is 1. The highest BCUT2D eigenvalue weighted by Gasteiger charge is 2.07. The molecule has 1 aliphatic heterocycles. The molecule has 0 saturated heterocycles. The van der Waals surface area contributed by atoms with Crippen LogP contribution in [0.3, 0.4) is 0 Å². The summed E-state index contributed by atoms with van der Waals surface area (Å²) in [6.45, 7) is 1.21. The average molecular weight is 364 g/mol. The Morgan fingerprint density at radius 3 is 2.52 bits per heavy atom. The third kappa shape index (κ3) is 4.35. The molecule has 1 heterocycles. The normalized spacial score (nSPS) is 12.2. The van der Waals surface area contributed by atoms with E-state index in [2.05, 4.69) is 10.4 Å². The summed E-state index contributed by atoms with van der Waals surface area (Å²) in [5, 5.41) is 3.96. The predicted octanol–water partition coefficient (Wildman–Crippen LogP) is 1.47. The van der Waals surface area contributed by atoms with Crippen molar-refractivity contribution >= 4 is 18.6 Å². The summed E-state index contributed by atoms with van der Waals surface area (Å²) in [4.78, 5) is 4.56. The van der Waals surface area contributed by atoms with Gasteiger partial charge < -0.3 is 14.2 Å². The predicted molar refractivity (Wildman–Crippen MR) is 98.6 cm³/mol. The van der Waals surface area contributed by atoms with Gasteiger partial charge in [-0.05, 0) is 29.8 Å². The molecular formula is C18H22ClN3O3. The molecule has 7 heteroatoms. The Labute approximate surface area is 153 Å². The van der Waals surface area contributed by atoms with Crippen LogP contribution >= 0.6 is 12.4 Å². The van der Waals surface area contributed by atoms with E-state index in [0.717, 1.165) is 33.4 Å². The van der Waals surface area contributed by atoms with E-state index in [1.165, 1.54) is 0 Å². The van der Waals surface area contributed by atoms with Crippen LogP contribution in [0, 0.1) is 0 Å². The van der Waals surface area contributed by atoms with Gasteiger partial charge in [-0.1, -0.05) is 6.07 Å². The zero-order chi connectivity index (χ0) is 16.9. The first kappa shape index (κ1) is 18.9. The van der Waals surface area contributed by atoms with Gasteiger partial charge in [-0.2, -0.15) is 0 Å². The van der Waals surface area contributed by atoms with Crippen LogP contribution in [-0.2, 0) is 6.54 Å². The number of hydrazine groups is 1. The van der Waals surface area contributed by atoms with Crippen LogP contribution < -0.4 is 30.2 Å². The maximum atomic E-state index is 5.33. The van der Waals surface area contributed by atoms with Gasteiger partial charge in [0.2, 0.25) is 0 Å². The van der Waals surface area contributed by atoms with Crippen molar-refractivity contribution < 1.29 is 14.2 Å². The van der Waals surface area contributed by atoms with Crippen molar-refractivity contribution in [2.45, 2.75) is 6.54 Å². The summed E-state index contributed by atoms with van der Waals surface area (Å²) < 4.78 is 15.8. The third-order valence-corrected chi connectivity index (χ3v) is 3.86. The van der Waals surface area contributed by atoms with E-state index in [-0.39, 0.29) is 12.4 Å². The number of rotatable bonds is 6. The molecule has 0 amide bonds. The second kappa shape index (κ2) is 8.60. The zero-order valence-corrected chi connectivity index (χ0v) is 15.3. The van der Waals surface area contributed by atoms with Crippen molar-refractivity contribution in [2.24, 2.45) is 4.99 Å². The molecule has 0 aliphatic carbocycles. The zero-order valence-electron chi connectivity index (χ0n) is 14.5. The maximum absolute atomic E-state index is 5.33. The molecule has 0 unspecified atom stereocenters. The Hall–Kier alpha value is -2.44. The van der Waals surface area contributed by atoms with Crippen LogP contribution in [0.4, 0.5) is 0 Å². The highest BCUT2D eigenvalue weighted by atomic mass is 35.5. The summed E-state index contributed by atoms with van der Waals surface area (Å²) in [6.07, 6.45) is 2.04. The fourth-order valence-corrected chi connectivity index (χ4v) is 2.54. The maximum Gasteiger partial charge on any atom is 0.161 e. The van der Waals surface area contributed by atoms with Gasteiger partial charge in [0.25, 0.3) is 0 Å². The summed E-state index contributed by atoms with van der Waals surface area (Å²) in [7, 11) is 4.93. The van der Waals surface area contributed by atoms with Crippen molar-refractivity contribution in [3.63, 3.8) is 0 Å². The minimum absolute atomic E-state index is 0. The molecule has 0 fully saturated rings. The third-order valence-electron chi connectivity index (χ3n) is 3.86. The van der Waals surface area contributed by atoms with E-state index in [1.54, 1.807) is 21.3 Å². The van der Waals surface area contributed by atoms with E-state index in [4.69, 9.17) is 14.2 Å². The molecule has 0 atom stereocenters. The molecule has 0 spiro atoms. The van der Waals surface area contributed by atoms with Gasteiger partial charge >= 0.3 is 0 Å². The summed E-state index contributed by atoms with van der Waals surface area (Å²) in [5.74, 6) is 2.27. The van der Waals surface area contributed by atoms with E-state index in [1.807, 2.05) is 47.6 Å². The fraction of sp³-hybridized carbons (Fsp3) is 0.278. The minimum atomic E-state index is 0. The molecule has 2 aromatic rings. The summed E-state index contributed by atoms with van der Waals surface area (Å²) in [5.41, 5.74) is 4.45. The Kier molecular flexibility index (Phi) is 6.50. The monoisotopic (exact) mass is 363 g/mol. The largest absolute Gasteiger partial charge is 0.497 e. The molecule has 1 aliphatic rings. The second-order valence-corrected chi connectivity index (χ2v) is 5.35. The molecule has 3 rings (SSSR count). The van der Waals surface area contributed by atoms with Crippen LogP contribution in [0.25, 0.3) is 6.20 Å². The van der Waals surface area contributed by atoms with E-state index in [9.17, 15) is 0 Å². The molecule has 134 valence electrons. The van der Waals surface area contributed by atoms with Crippen molar-refractivity contribution in [2.75, 3.05) is 28.0 Å². The fourth-order valence-electron chi connectivity index (χ4n) is 2.54. The van der Waals surface area contributed by atoms with Gasteiger partial charge in [0.15, 0.2) is 11.5 Å². The number of nitrogens with zero attached hydrogens (tertiary/aromatic N) is 2. The Morgan fingerprint density at radius 1 is 1.00 bits per heavy atom. The number of nitrogens with one attached hydrogen (secondary N) is 1. The molecule has 0 bridgehead atoms. The Morgan fingerprint density at radius 2 is 1.80 bits per heavy atom. The smallest absolute Gasteiger partial charge is 0.161 e. The van der Waals surface area contributed by atoms with Crippen LogP contribution in [0.15, 0.2) is 41.4 Å². The Balaban J connectivity index is 0.00000225. The van der Waals surface area contributed by atoms with Gasteiger partial charge in [0, 0.05) is 24.0 Å². The SMILES string of the molecule is COc1ccc2c(c1)=NCN(NCc1ccc(OC)c(OC)c1)C=2.Cl. The first-order valence-corrected chi connectivity index (χ1v) is 7.65. The second-order valence-electron chi connectivity index (χ2n) is 5.35. The van der Waals surface area contributed by atoms with Gasteiger partial charge in [-0.3, -0.25) is 10.0 Å². The lowest BCUT2D eigenvalue weighted by Gasteiger charge is -2.22. The minimum Gasteiger partial charge on any atom is -0.497 e. The van der Waals surface area contributed by atoms with E-state index >= 15 is 0 Å². The van der Waals surface area contributed by atoms with Gasteiger partial charge in [0.05, 0.1) is 26.7 Å². The van der Waals surface area contributed by atoms with Crippen LogP contribution in [-0.4, -0.2) is 33.0 Å². The quantitative estimate of drug-likeness (QED) is 0.842. The van der Waals surface area contributed by atoms with Gasteiger partial charge in [0.1, 0.15) is 12.4 Å². The molecular weight excluding hydrogens is 342 g/mol. The molecule has 25 heavy (non-hydrogen) atoms. The summed E-state index contributed by atoms with van der Waals surface area (Å²) in [6, 6.07) is 11.8. The number of benzene rings is 2. The lowest BCUT2D eigenvalue weighted by atomic mass is 10.2. The van der Waals surface area contributed by atoms with Crippen molar-refractivity contribution in [1.29, 1.82) is 0 Å². The molecule has 2 aromatic carbocycles. The molecule has 6 nitrogen and oxygen atoms in total. The number of hydrogen-bond acceptors (Lipinski definition) is 6. The summed E-state index contributed by atoms with van der Waals surface area (Å²) >= 11 is 0. The van der Waals surface area contributed by atoms with Crippen molar-refractivity contribution in [3.8, 4) is 17.2 Å². The van der Waals surface area contributed by atoms with Gasteiger partial charge in [-0.25, -0.2) is 5.43 Å². The standard InChI is InChI=1S/C18H21N3O3.ClH/c1-22-15-6-5-14-11-21(12-19-16(14)9-15)20-10-13-4-7-17(23-2)18(8-13)24-3;/h4-9,11,20H,10,12H2,1-3H3;1H. The molecule has 0 radical (unpaired) electrons. The molecule has 1 N–H and O–H groups in total. The topological polar surface area (TPSA) is 55.3 Å². The lowest BCUT2D eigenvalue weighted by molar-refractivity contribution is 0.296. The van der Waals surface area contributed by atoms with E-state index < -0.39 is 0 Å². The number of halogens is 1. The lowest BCUT2D eigenvalue weighted by Crippen LogP contribution is -2.42. The number of methoxy groups -OCH3 is 3. The van der Waals surface area contributed by atoms with Gasteiger partial charge in [-0.15, -0.1) is 12.4 Å². The highest BCUT2D eigenvalue weighted by Crippen LogP contribution is 2.27. The number of ether oxygens (including phenoxy) is 3. The number of fused-ring (bicyclic) bond motifs is 1. The first-order valence-electron chi connectivity index (χ1n) is 7.65. The van der Waals surface area contributed by atoms with E-state index in [0.29, 0.717) is 13.2 Å². The van der Waals surface area contributed by atoms with Crippen LogP contribution in [0.1, 0.15) is 5.56 Å². The van der Waals surface area contributed by atoms with Crippen LogP contribution in [0.2, 0.25) is 0 Å². The molecule has 0 saturated carbocycles. The highest BCUT2D eigenvalue weighted by molar-refractivity contribution is 5.85.